The standard InChI is InChI=1S/C12H9Cl2NOS/c1-7(16)5-8-6-17-12(15-8)9-3-2-4-10(13)11(9)14/h2-4,6H,5H2,1H3. The van der Waals surface area contributed by atoms with E-state index < -0.39 is 0 Å². The van der Waals surface area contributed by atoms with Crippen molar-refractivity contribution in [3.05, 3.63) is 39.3 Å². The zero-order valence-corrected chi connectivity index (χ0v) is 11.4. The van der Waals surface area contributed by atoms with Crippen molar-refractivity contribution in [1.82, 2.24) is 4.98 Å². The molecule has 0 unspecified atom stereocenters. The van der Waals surface area contributed by atoms with Gasteiger partial charge in [0.2, 0.25) is 0 Å². The minimum atomic E-state index is 0.0963. The number of hydrogen-bond donors (Lipinski definition) is 0. The highest BCUT2D eigenvalue weighted by molar-refractivity contribution is 7.13. The third-order valence-electron chi connectivity index (χ3n) is 2.16. The highest BCUT2D eigenvalue weighted by Crippen LogP contribution is 2.34. The number of carbonyl (C=O) groups excluding carboxylic acids is 1. The van der Waals surface area contributed by atoms with E-state index in [-0.39, 0.29) is 5.78 Å². The summed E-state index contributed by atoms with van der Waals surface area (Å²) in [5, 5.41) is 3.66. The van der Waals surface area contributed by atoms with Gasteiger partial charge in [-0.3, -0.25) is 4.79 Å². The van der Waals surface area contributed by atoms with E-state index >= 15 is 0 Å². The molecule has 1 heterocycles. The van der Waals surface area contributed by atoms with Crippen LogP contribution >= 0.6 is 34.5 Å². The Labute approximate surface area is 113 Å². The molecule has 0 bridgehead atoms. The second kappa shape index (κ2) is 5.17. The molecule has 0 fully saturated rings. The second-order valence-electron chi connectivity index (χ2n) is 3.62. The van der Waals surface area contributed by atoms with E-state index in [0.29, 0.717) is 16.5 Å². The molecule has 0 aliphatic heterocycles. The fourth-order valence-electron chi connectivity index (χ4n) is 1.44. The van der Waals surface area contributed by atoms with E-state index in [1.54, 1.807) is 13.0 Å². The summed E-state index contributed by atoms with van der Waals surface area (Å²) in [4.78, 5) is 15.4. The Morgan fingerprint density at radius 3 is 2.88 bits per heavy atom. The van der Waals surface area contributed by atoms with Crippen LogP contribution in [-0.2, 0) is 11.2 Å². The monoisotopic (exact) mass is 285 g/mol. The molecule has 0 spiro atoms. The highest BCUT2D eigenvalue weighted by atomic mass is 35.5. The molecule has 88 valence electrons. The van der Waals surface area contributed by atoms with Gasteiger partial charge in [-0.2, -0.15) is 0 Å². The summed E-state index contributed by atoms with van der Waals surface area (Å²) < 4.78 is 0. The van der Waals surface area contributed by atoms with Gasteiger partial charge in [0.25, 0.3) is 0 Å². The van der Waals surface area contributed by atoms with Crippen molar-refractivity contribution in [2.75, 3.05) is 0 Å². The number of nitrogens with zero attached hydrogens (tertiary/aromatic N) is 1. The zero-order valence-electron chi connectivity index (χ0n) is 9.04. The van der Waals surface area contributed by atoms with Crippen molar-refractivity contribution in [3.8, 4) is 10.6 Å². The molecular formula is C12H9Cl2NOS. The van der Waals surface area contributed by atoms with E-state index in [0.717, 1.165) is 16.3 Å². The van der Waals surface area contributed by atoms with Gasteiger partial charge in [-0.1, -0.05) is 35.3 Å². The van der Waals surface area contributed by atoms with Crippen molar-refractivity contribution < 1.29 is 4.79 Å². The highest BCUT2D eigenvalue weighted by Gasteiger charge is 2.11. The van der Waals surface area contributed by atoms with E-state index in [4.69, 9.17) is 23.2 Å². The maximum atomic E-state index is 11.0. The van der Waals surface area contributed by atoms with Crippen LogP contribution in [0.15, 0.2) is 23.6 Å². The van der Waals surface area contributed by atoms with Crippen molar-refractivity contribution in [1.29, 1.82) is 0 Å². The molecule has 2 nitrogen and oxygen atoms in total. The Morgan fingerprint density at radius 2 is 2.18 bits per heavy atom. The van der Waals surface area contributed by atoms with Crippen LogP contribution in [0.4, 0.5) is 0 Å². The van der Waals surface area contributed by atoms with Crippen LogP contribution in [0, 0.1) is 0 Å². The molecule has 0 amide bonds. The lowest BCUT2D eigenvalue weighted by atomic mass is 10.2. The first-order valence-electron chi connectivity index (χ1n) is 4.96. The van der Waals surface area contributed by atoms with Crippen LogP contribution in [0.3, 0.4) is 0 Å². The number of Topliss-reactive ketones (excluding diaryl/α,β-unsaturated/α-hetero) is 1. The van der Waals surface area contributed by atoms with E-state index in [9.17, 15) is 4.79 Å². The number of hydrogen-bond acceptors (Lipinski definition) is 3. The third kappa shape index (κ3) is 2.86. The Kier molecular flexibility index (Phi) is 3.82. The summed E-state index contributed by atoms with van der Waals surface area (Å²) in [6.45, 7) is 1.55. The number of aromatic nitrogens is 1. The summed E-state index contributed by atoms with van der Waals surface area (Å²) in [5.41, 5.74) is 1.58. The van der Waals surface area contributed by atoms with Gasteiger partial charge in [-0.25, -0.2) is 4.98 Å². The summed E-state index contributed by atoms with van der Waals surface area (Å²) >= 11 is 13.5. The molecule has 0 saturated carbocycles. The lowest BCUT2D eigenvalue weighted by molar-refractivity contribution is -0.116. The molecule has 0 aliphatic rings. The van der Waals surface area contributed by atoms with Crippen molar-refractivity contribution in [2.45, 2.75) is 13.3 Å². The SMILES string of the molecule is CC(=O)Cc1csc(-c2cccc(Cl)c2Cl)n1. The maximum Gasteiger partial charge on any atom is 0.135 e. The maximum absolute atomic E-state index is 11.0. The van der Waals surface area contributed by atoms with Crippen molar-refractivity contribution in [2.24, 2.45) is 0 Å². The Morgan fingerprint density at radius 1 is 1.41 bits per heavy atom. The predicted octanol–water partition coefficient (Wildman–Crippen LogP) is 4.25. The second-order valence-corrected chi connectivity index (χ2v) is 5.27. The average Bonchev–Trinajstić information content (AvgIpc) is 2.69. The molecular weight excluding hydrogens is 277 g/mol. The van der Waals surface area contributed by atoms with Crippen LogP contribution in [0.2, 0.25) is 10.0 Å². The number of halogens is 2. The van der Waals surface area contributed by atoms with Gasteiger partial charge in [0, 0.05) is 17.4 Å². The van der Waals surface area contributed by atoms with Crippen molar-refractivity contribution >= 4 is 40.3 Å². The summed E-state index contributed by atoms with van der Waals surface area (Å²) in [6.07, 6.45) is 0.356. The minimum absolute atomic E-state index is 0.0963. The van der Waals surface area contributed by atoms with Gasteiger partial charge in [0.05, 0.1) is 15.7 Å². The fraction of sp³-hybridized carbons (Fsp3) is 0.167. The molecule has 17 heavy (non-hydrogen) atoms. The molecule has 2 rings (SSSR count). The molecule has 1 aromatic heterocycles. The number of thiazole rings is 1. The number of benzene rings is 1. The molecule has 2 aromatic rings. The Hall–Kier alpha value is -0.900. The van der Waals surface area contributed by atoms with Gasteiger partial charge in [0.15, 0.2) is 0 Å². The van der Waals surface area contributed by atoms with Gasteiger partial charge in [-0.05, 0) is 13.0 Å². The van der Waals surface area contributed by atoms with Gasteiger partial charge in [-0.15, -0.1) is 11.3 Å². The molecule has 0 saturated heterocycles. The first-order valence-corrected chi connectivity index (χ1v) is 6.59. The van der Waals surface area contributed by atoms with E-state index in [1.165, 1.54) is 11.3 Å². The van der Waals surface area contributed by atoms with Gasteiger partial charge < -0.3 is 0 Å². The topological polar surface area (TPSA) is 30.0 Å². The largest absolute Gasteiger partial charge is 0.300 e. The number of ketones is 1. The summed E-state index contributed by atoms with van der Waals surface area (Å²) in [5.74, 6) is 0.0963. The van der Waals surface area contributed by atoms with Crippen LogP contribution < -0.4 is 0 Å². The Bertz CT molecular complexity index is 565. The Balaban J connectivity index is 2.37. The lowest BCUT2D eigenvalue weighted by Crippen LogP contribution is -1.96. The molecule has 0 N–H and O–H groups in total. The smallest absolute Gasteiger partial charge is 0.135 e. The molecule has 0 atom stereocenters. The van der Waals surface area contributed by atoms with E-state index in [2.05, 4.69) is 4.98 Å². The van der Waals surface area contributed by atoms with Gasteiger partial charge >= 0.3 is 0 Å². The molecule has 5 heteroatoms. The summed E-state index contributed by atoms with van der Waals surface area (Å²) in [6, 6.07) is 5.43. The average molecular weight is 286 g/mol. The summed E-state index contributed by atoms with van der Waals surface area (Å²) in [7, 11) is 0. The lowest BCUT2D eigenvalue weighted by Gasteiger charge is -2.01. The van der Waals surface area contributed by atoms with Gasteiger partial charge in [0.1, 0.15) is 10.8 Å². The first kappa shape index (κ1) is 12.6. The van der Waals surface area contributed by atoms with Crippen LogP contribution in [0.25, 0.3) is 10.6 Å². The molecule has 1 aromatic carbocycles. The van der Waals surface area contributed by atoms with E-state index in [1.807, 2.05) is 17.5 Å². The van der Waals surface area contributed by atoms with Crippen LogP contribution in [-0.4, -0.2) is 10.8 Å². The minimum Gasteiger partial charge on any atom is -0.300 e. The normalized spacial score (nSPS) is 10.5. The number of rotatable bonds is 3. The fourth-order valence-corrected chi connectivity index (χ4v) is 2.73. The van der Waals surface area contributed by atoms with Crippen molar-refractivity contribution in [3.63, 3.8) is 0 Å². The first-order chi connectivity index (χ1) is 8.08. The number of carbonyl (C=O) groups is 1. The molecule has 0 aliphatic carbocycles. The predicted molar refractivity (Wildman–Crippen MR) is 72.0 cm³/mol. The zero-order chi connectivity index (χ0) is 12.4. The van der Waals surface area contributed by atoms with Crippen LogP contribution in [0.5, 0.6) is 0 Å². The quantitative estimate of drug-likeness (QED) is 0.844. The third-order valence-corrected chi connectivity index (χ3v) is 3.91. The van der Waals surface area contributed by atoms with Crippen LogP contribution in [0.1, 0.15) is 12.6 Å². The molecule has 0 radical (unpaired) electrons.